The molecule has 0 aromatic rings. The Morgan fingerprint density at radius 3 is 2.71 bits per heavy atom. The molecule has 1 amide bonds. The molecule has 1 saturated heterocycles. The van der Waals surface area contributed by atoms with Crippen LogP contribution in [0.15, 0.2) is 0 Å². The Kier molecular flexibility index (Phi) is 5.21. The number of carbonyl (C=O) groups excluding carboxylic acids is 1. The largest absolute Gasteiger partial charge is 0.480 e. The number of hydrogen-bond donors (Lipinski definition) is 2. The van der Waals surface area contributed by atoms with Crippen LogP contribution in [0.3, 0.4) is 0 Å². The Morgan fingerprint density at radius 1 is 1.53 bits per heavy atom. The van der Waals surface area contributed by atoms with Gasteiger partial charge in [0.25, 0.3) is 0 Å². The average Bonchev–Trinajstić information content (AvgIpc) is 2.74. The molecule has 6 nitrogen and oxygen atoms in total. The fourth-order valence-electron chi connectivity index (χ4n) is 1.63. The summed E-state index contributed by atoms with van der Waals surface area (Å²) >= 11 is 0. The van der Waals surface area contributed by atoms with E-state index >= 15 is 0 Å². The van der Waals surface area contributed by atoms with Crippen molar-refractivity contribution < 1.29 is 24.2 Å². The lowest BCUT2D eigenvalue weighted by atomic mass is 10.1. The average molecular weight is 245 g/mol. The molecule has 0 bridgehead atoms. The van der Waals surface area contributed by atoms with Crippen LogP contribution in [-0.4, -0.2) is 42.5 Å². The van der Waals surface area contributed by atoms with Gasteiger partial charge in [-0.05, 0) is 18.8 Å². The second kappa shape index (κ2) is 6.44. The van der Waals surface area contributed by atoms with E-state index in [1.165, 1.54) is 0 Å². The van der Waals surface area contributed by atoms with E-state index in [2.05, 4.69) is 5.32 Å². The number of ether oxygens (including phenoxy) is 2. The van der Waals surface area contributed by atoms with Crippen LogP contribution in [0.1, 0.15) is 26.7 Å². The highest BCUT2D eigenvalue weighted by molar-refractivity contribution is 5.80. The van der Waals surface area contributed by atoms with Gasteiger partial charge < -0.3 is 19.9 Å². The van der Waals surface area contributed by atoms with Crippen molar-refractivity contribution in [3.05, 3.63) is 0 Å². The van der Waals surface area contributed by atoms with E-state index in [1.54, 1.807) is 13.8 Å². The molecule has 0 spiro atoms. The molecule has 0 aromatic carbocycles. The highest BCUT2D eigenvalue weighted by Gasteiger charge is 2.25. The molecule has 2 unspecified atom stereocenters. The quantitative estimate of drug-likeness (QED) is 0.754. The number of carboxylic acids is 1. The first-order valence-corrected chi connectivity index (χ1v) is 5.78. The maximum atomic E-state index is 11.4. The number of carboxylic acid groups (broad SMARTS) is 1. The highest BCUT2D eigenvalue weighted by Crippen LogP contribution is 2.12. The number of rotatable bonds is 5. The van der Waals surface area contributed by atoms with Crippen LogP contribution >= 0.6 is 0 Å². The molecule has 98 valence electrons. The fourth-order valence-corrected chi connectivity index (χ4v) is 1.63. The summed E-state index contributed by atoms with van der Waals surface area (Å²) in [4.78, 5) is 22.2. The van der Waals surface area contributed by atoms with Gasteiger partial charge in [0.2, 0.25) is 0 Å². The molecule has 1 aliphatic heterocycles. The molecule has 1 aliphatic rings. The van der Waals surface area contributed by atoms with Gasteiger partial charge in [-0.25, -0.2) is 9.59 Å². The van der Waals surface area contributed by atoms with Crippen molar-refractivity contribution in [3.63, 3.8) is 0 Å². The molecule has 0 radical (unpaired) electrons. The Hall–Kier alpha value is -1.30. The molecule has 1 heterocycles. The van der Waals surface area contributed by atoms with Gasteiger partial charge in [-0.2, -0.15) is 0 Å². The van der Waals surface area contributed by atoms with E-state index in [0.29, 0.717) is 6.61 Å². The summed E-state index contributed by atoms with van der Waals surface area (Å²) < 4.78 is 10.2. The molecule has 0 saturated carbocycles. The second-order valence-corrected chi connectivity index (χ2v) is 4.44. The van der Waals surface area contributed by atoms with Crippen molar-refractivity contribution in [2.75, 3.05) is 13.2 Å². The molecule has 0 aliphatic carbocycles. The number of alkyl carbamates (subject to hydrolysis) is 1. The van der Waals surface area contributed by atoms with E-state index in [1.807, 2.05) is 0 Å². The van der Waals surface area contributed by atoms with Gasteiger partial charge >= 0.3 is 12.1 Å². The first kappa shape index (κ1) is 13.8. The van der Waals surface area contributed by atoms with Gasteiger partial charge in [-0.1, -0.05) is 13.8 Å². The fraction of sp³-hybridized carbons (Fsp3) is 0.818. The van der Waals surface area contributed by atoms with Gasteiger partial charge in [-0.3, -0.25) is 0 Å². The summed E-state index contributed by atoms with van der Waals surface area (Å²) in [5.74, 6) is -1.25. The van der Waals surface area contributed by atoms with Crippen molar-refractivity contribution in [1.82, 2.24) is 5.32 Å². The highest BCUT2D eigenvalue weighted by atomic mass is 16.6. The molecule has 17 heavy (non-hydrogen) atoms. The minimum absolute atomic E-state index is 0.0527. The number of nitrogens with one attached hydrogen (secondary N) is 1. The zero-order chi connectivity index (χ0) is 12.8. The van der Waals surface area contributed by atoms with Gasteiger partial charge in [-0.15, -0.1) is 0 Å². The summed E-state index contributed by atoms with van der Waals surface area (Å²) in [6.07, 6.45) is 1.09. The maximum Gasteiger partial charge on any atom is 0.407 e. The summed E-state index contributed by atoms with van der Waals surface area (Å²) in [5.41, 5.74) is 0. The Bertz CT molecular complexity index is 273. The van der Waals surface area contributed by atoms with Crippen LogP contribution in [0.4, 0.5) is 4.79 Å². The number of amides is 1. The zero-order valence-corrected chi connectivity index (χ0v) is 10.1. The van der Waals surface area contributed by atoms with Crippen LogP contribution in [-0.2, 0) is 14.3 Å². The SMILES string of the molecule is CC(C)C(NC(=O)OCC1CCCO1)C(=O)O. The lowest BCUT2D eigenvalue weighted by Gasteiger charge is -2.18. The standard InChI is InChI=1S/C11H19NO5/c1-7(2)9(10(13)14)12-11(15)17-6-8-4-3-5-16-8/h7-9H,3-6H2,1-2H3,(H,12,15)(H,13,14). The second-order valence-electron chi connectivity index (χ2n) is 4.44. The summed E-state index contributed by atoms with van der Waals surface area (Å²) in [6.45, 7) is 4.31. The van der Waals surface area contributed by atoms with E-state index in [9.17, 15) is 9.59 Å². The smallest absolute Gasteiger partial charge is 0.407 e. The number of carbonyl (C=O) groups is 2. The molecular weight excluding hydrogens is 226 g/mol. The first-order valence-electron chi connectivity index (χ1n) is 5.78. The molecule has 0 aromatic heterocycles. The Labute approximate surface area is 100 Å². The van der Waals surface area contributed by atoms with Gasteiger partial charge in [0, 0.05) is 6.61 Å². The van der Waals surface area contributed by atoms with E-state index < -0.39 is 18.1 Å². The van der Waals surface area contributed by atoms with Crippen LogP contribution in [0.5, 0.6) is 0 Å². The van der Waals surface area contributed by atoms with Crippen molar-refractivity contribution in [1.29, 1.82) is 0 Å². The molecular formula is C11H19NO5. The van der Waals surface area contributed by atoms with Crippen LogP contribution < -0.4 is 5.32 Å². The zero-order valence-electron chi connectivity index (χ0n) is 10.1. The molecule has 2 atom stereocenters. The van der Waals surface area contributed by atoms with Crippen LogP contribution in [0.2, 0.25) is 0 Å². The van der Waals surface area contributed by atoms with Crippen LogP contribution in [0.25, 0.3) is 0 Å². The van der Waals surface area contributed by atoms with Crippen molar-refractivity contribution in [2.24, 2.45) is 5.92 Å². The third-order valence-electron chi connectivity index (χ3n) is 2.63. The maximum absolute atomic E-state index is 11.4. The van der Waals surface area contributed by atoms with Gasteiger partial charge in [0.15, 0.2) is 0 Å². The predicted octanol–water partition coefficient (Wildman–Crippen LogP) is 1.00. The number of aliphatic carboxylic acids is 1. The molecule has 1 fully saturated rings. The van der Waals surface area contributed by atoms with E-state index in [0.717, 1.165) is 12.8 Å². The Morgan fingerprint density at radius 2 is 2.24 bits per heavy atom. The Balaban J connectivity index is 2.29. The minimum Gasteiger partial charge on any atom is -0.480 e. The predicted molar refractivity (Wildman–Crippen MR) is 59.7 cm³/mol. The van der Waals surface area contributed by atoms with Crippen molar-refractivity contribution in [3.8, 4) is 0 Å². The summed E-state index contributed by atoms with van der Waals surface area (Å²) in [6, 6.07) is -0.924. The molecule has 6 heteroatoms. The molecule has 1 rings (SSSR count). The topological polar surface area (TPSA) is 84.9 Å². The minimum atomic E-state index is -1.06. The first-order chi connectivity index (χ1) is 8.00. The molecule has 2 N–H and O–H groups in total. The van der Waals surface area contributed by atoms with Crippen LogP contribution in [0, 0.1) is 5.92 Å². The third-order valence-corrected chi connectivity index (χ3v) is 2.63. The van der Waals surface area contributed by atoms with E-state index in [-0.39, 0.29) is 18.6 Å². The van der Waals surface area contributed by atoms with Crippen molar-refractivity contribution >= 4 is 12.1 Å². The van der Waals surface area contributed by atoms with Gasteiger partial charge in [0.05, 0.1) is 6.10 Å². The van der Waals surface area contributed by atoms with Gasteiger partial charge in [0.1, 0.15) is 12.6 Å². The number of hydrogen-bond acceptors (Lipinski definition) is 4. The summed E-state index contributed by atoms with van der Waals surface area (Å²) in [5, 5.41) is 11.2. The van der Waals surface area contributed by atoms with E-state index in [4.69, 9.17) is 14.6 Å². The lowest BCUT2D eigenvalue weighted by Crippen LogP contribution is -2.45. The lowest BCUT2D eigenvalue weighted by molar-refractivity contribution is -0.140. The summed E-state index contributed by atoms with van der Waals surface area (Å²) in [7, 11) is 0. The normalized spacial score (nSPS) is 21.2. The van der Waals surface area contributed by atoms with Crippen molar-refractivity contribution in [2.45, 2.75) is 38.8 Å². The monoisotopic (exact) mass is 245 g/mol. The third kappa shape index (κ3) is 4.60.